The van der Waals surface area contributed by atoms with E-state index in [0.29, 0.717) is 5.56 Å². The monoisotopic (exact) mass is 257 g/mol. The first-order valence-electron chi connectivity index (χ1n) is 5.04. The Kier molecular flexibility index (Phi) is 6.19. The summed E-state index contributed by atoms with van der Waals surface area (Å²) < 4.78 is 7.51. The van der Waals surface area contributed by atoms with Crippen molar-refractivity contribution in [1.29, 1.82) is 0 Å². The third-order valence-electron chi connectivity index (χ3n) is 1.95. The van der Waals surface area contributed by atoms with E-state index < -0.39 is 10.6 Å². The maximum atomic E-state index is 10.6. The molecule has 0 amide bonds. The van der Waals surface area contributed by atoms with Crippen molar-refractivity contribution in [2.45, 2.75) is 32.6 Å². The fourth-order valence-corrected chi connectivity index (χ4v) is 2.33. The molecule has 7 heteroatoms. The highest BCUT2D eigenvalue weighted by Crippen LogP contribution is 2.60. The average Bonchev–Trinajstić information content (AvgIpc) is 2.38. The first kappa shape index (κ1) is 15.4. The fraction of sp³-hybridized carbons (Fsp3) is 0.400. The molecule has 0 aliphatic heterocycles. The van der Waals surface area contributed by atoms with E-state index in [2.05, 4.69) is 13.7 Å². The highest BCUT2D eigenvalue weighted by atomic mass is 32.3. The van der Waals surface area contributed by atoms with Gasteiger partial charge in [-0.1, -0.05) is 26.0 Å². The molecule has 94 valence electrons. The quantitative estimate of drug-likeness (QED) is 0.742. The summed E-state index contributed by atoms with van der Waals surface area (Å²) in [7, 11) is -3.33. The summed E-state index contributed by atoms with van der Waals surface area (Å²) in [6.45, 7) is 7.44. The van der Waals surface area contributed by atoms with E-state index in [-0.39, 0.29) is 4.90 Å². The minimum atomic E-state index is -3.33. The van der Waals surface area contributed by atoms with Crippen molar-refractivity contribution < 1.29 is 0 Å². The van der Waals surface area contributed by atoms with Crippen LogP contribution in [0.25, 0.3) is 0 Å². The van der Waals surface area contributed by atoms with E-state index in [1.807, 2.05) is 13.8 Å². The van der Waals surface area contributed by atoms with Gasteiger partial charge in [-0.25, -0.2) is 0 Å². The Bertz CT molecular complexity index is 401. The molecule has 0 saturated heterocycles. The smallest absolute Gasteiger partial charge is 0.135 e. The summed E-state index contributed by atoms with van der Waals surface area (Å²) in [5, 5.41) is 0. The molecule has 0 atom stereocenters. The Morgan fingerprint density at radius 2 is 1.41 bits per heavy atom. The van der Waals surface area contributed by atoms with Crippen molar-refractivity contribution in [3.63, 3.8) is 0 Å². The molecule has 0 bridgehead atoms. The predicted octanol–water partition coefficient (Wildman–Crippen LogP) is 4.54. The second kappa shape index (κ2) is 6.85. The molecule has 6 nitrogen and oxygen atoms in total. The highest BCUT2D eigenvalue weighted by Gasteiger charge is 2.32. The van der Waals surface area contributed by atoms with Crippen LogP contribution in [0.1, 0.15) is 25.0 Å². The molecule has 0 fully saturated rings. The van der Waals surface area contributed by atoms with Crippen molar-refractivity contribution in [1.82, 2.24) is 0 Å². The molecule has 0 aromatic heterocycles. The van der Waals surface area contributed by atoms with E-state index in [1.54, 1.807) is 26.0 Å². The molecule has 17 heavy (non-hydrogen) atoms. The Balaban J connectivity index is 0.00000121. The van der Waals surface area contributed by atoms with Gasteiger partial charge in [-0.15, -0.1) is 14.7 Å². The minimum Gasteiger partial charge on any atom is -0.135 e. The fourth-order valence-electron chi connectivity index (χ4n) is 1.16. The summed E-state index contributed by atoms with van der Waals surface area (Å²) >= 11 is 0. The number of rotatable bonds is 4. The second-order valence-electron chi connectivity index (χ2n) is 3.01. The molecule has 1 rings (SSSR count). The average molecular weight is 257 g/mol. The topological polar surface area (TPSA) is 88.3 Å². The minimum absolute atomic E-state index is 0.211. The highest BCUT2D eigenvalue weighted by molar-refractivity contribution is 8.30. The molecule has 0 radical (unpaired) electrons. The van der Waals surface area contributed by atoms with Crippen molar-refractivity contribution >= 4 is 10.6 Å². The standard InChI is InChI=1S/C8H9N3O3S.C2H6/c1-6-3-4-7(2)8(5-6)15(9-12,10-13)11-14;1-2/h3-5H,1-2H3;1-2H3. The largest absolute Gasteiger partial charge is 0.197 e. The maximum absolute atomic E-state index is 10.6. The van der Waals surface area contributed by atoms with Gasteiger partial charge < -0.3 is 0 Å². The third kappa shape index (κ3) is 3.16. The van der Waals surface area contributed by atoms with Gasteiger partial charge in [-0.3, -0.25) is 0 Å². The molecule has 0 unspecified atom stereocenters. The van der Waals surface area contributed by atoms with Gasteiger partial charge in [-0.05, 0) is 31.0 Å². The van der Waals surface area contributed by atoms with Crippen LogP contribution >= 0.6 is 10.6 Å². The van der Waals surface area contributed by atoms with Crippen LogP contribution in [-0.2, 0) is 0 Å². The van der Waals surface area contributed by atoms with Gasteiger partial charge in [0.15, 0.2) is 10.6 Å². The number of hydrogen-bond acceptors (Lipinski definition) is 6. The number of benzene rings is 1. The van der Waals surface area contributed by atoms with Crippen molar-refractivity contribution in [2.24, 2.45) is 13.7 Å². The van der Waals surface area contributed by atoms with Gasteiger partial charge in [0.1, 0.15) is 0 Å². The molecule has 0 saturated carbocycles. The van der Waals surface area contributed by atoms with Crippen LogP contribution in [0.4, 0.5) is 0 Å². The maximum Gasteiger partial charge on any atom is 0.197 e. The van der Waals surface area contributed by atoms with Crippen LogP contribution in [0.15, 0.2) is 36.8 Å². The Morgan fingerprint density at radius 1 is 0.941 bits per heavy atom. The number of nitrogens with zero attached hydrogens (tertiary/aromatic N) is 3. The Hall–Kier alpha value is -1.63. The summed E-state index contributed by atoms with van der Waals surface area (Å²) in [4.78, 5) is 31.9. The lowest BCUT2D eigenvalue weighted by molar-refractivity contribution is 1.23. The van der Waals surface area contributed by atoms with E-state index in [0.717, 1.165) is 5.56 Å². The van der Waals surface area contributed by atoms with Gasteiger partial charge in [0, 0.05) is 13.7 Å². The van der Waals surface area contributed by atoms with E-state index in [4.69, 9.17) is 0 Å². The summed E-state index contributed by atoms with van der Waals surface area (Å²) in [6, 6.07) is 5.02. The predicted molar refractivity (Wildman–Crippen MR) is 70.5 cm³/mol. The molecule has 0 heterocycles. The zero-order chi connectivity index (χ0) is 13.5. The molecule has 0 spiro atoms. The zero-order valence-corrected chi connectivity index (χ0v) is 11.0. The third-order valence-corrected chi connectivity index (χ3v) is 3.60. The lowest BCUT2D eigenvalue weighted by atomic mass is 10.2. The molecule has 1 aromatic carbocycles. The number of aryl methyl sites for hydroxylation is 2. The first-order valence-corrected chi connectivity index (χ1v) is 6.54. The Morgan fingerprint density at radius 3 is 1.82 bits per heavy atom. The first-order chi connectivity index (χ1) is 8.09. The SMILES string of the molecule is CC.Cc1ccc(C)c(S(N=O)(N=O)N=O)c1. The van der Waals surface area contributed by atoms with E-state index in [9.17, 15) is 14.7 Å². The van der Waals surface area contributed by atoms with Crippen LogP contribution in [0, 0.1) is 28.6 Å². The molecule has 0 aliphatic rings. The summed E-state index contributed by atoms with van der Waals surface area (Å²) in [5.74, 6) is 0. The molecular formula is C10H15N3O3S. The van der Waals surface area contributed by atoms with Gasteiger partial charge in [0.2, 0.25) is 0 Å². The van der Waals surface area contributed by atoms with Crippen LogP contribution < -0.4 is 0 Å². The molecule has 0 aliphatic carbocycles. The van der Waals surface area contributed by atoms with Crippen LogP contribution in [0.3, 0.4) is 0 Å². The van der Waals surface area contributed by atoms with Gasteiger partial charge >= 0.3 is 0 Å². The van der Waals surface area contributed by atoms with Crippen LogP contribution in [-0.4, -0.2) is 0 Å². The van der Waals surface area contributed by atoms with Crippen molar-refractivity contribution in [3.05, 3.63) is 44.0 Å². The molecule has 0 N–H and O–H groups in total. The van der Waals surface area contributed by atoms with E-state index >= 15 is 0 Å². The van der Waals surface area contributed by atoms with Gasteiger partial charge in [-0.2, -0.15) is 0 Å². The Labute approximate surface area is 101 Å². The number of nitroso groups, excluding NO2 is 3. The summed E-state index contributed by atoms with van der Waals surface area (Å²) in [6.07, 6.45) is 0. The lowest BCUT2D eigenvalue weighted by Crippen LogP contribution is -1.93. The second-order valence-corrected chi connectivity index (χ2v) is 4.94. The number of hydrogen-bond donors (Lipinski definition) is 0. The molecular weight excluding hydrogens is 242 g/mol. The summed E-state index contributed by atoms with van der Waals surface area (Å²) in [5.41, 5.74) is 1.41. The molecule has 1 aromatic rings. The van der Waals surface area contributed by atoms with Crippen molar-refractivity contribution in [2.75, 3.05) is 0 Å². The van der Waals surface area contributed by atoms with Crippen LogP contribution in [0.2, 0.25) is 0 Å². The normalized spacial score (nSPS) is 10.8. The van der Waals surface area contributed by atoms with Crippen LogP contribution in [0.5, 0.6) is 0 Å². The lowest BCUT2D eigenvalue weighted by Gasteiger charge is -2.16. The van der Waals surface area contributed by atoms with Crippen molar-refractivity contribution in [3.8, 4) is 0 Å². The van der Waals surface area contributed by atoms with Gasteiger partial charge in [0.25, 0.3) is 0 Å². The zero-order valence-electron chi connectivity index (χ0n) is 10.2. The van der Waals surface area contributed by atoms with E-state index in [1.165, 1.54) is 6.07 Å². The van der Waals surface area contributed by atoms with Gasteiger partial charge in [0.05, 0.1) is 4.90 Å².